The number of hydrogen-bond donors (Lipinski definition) is 0. The van der Waals surface area contributed by atoms with E-state index in [9.17, 15) is 32.0 Å². The van der Waals surface area contributed by atoms with Gasteiger partial charge in [0, 0.05) is 78.3 Å². The number of aromatic nitrogens is 1. The van der Waals surface area contributed by atoms with Crippen LogP contribution in [-0.2, 0) is 34.5 Å². The average Bonchev–Trinajstić information content (AvgIpc) is 3.27. The van der Waals surface area contributed by atoms with Crippen molar-refractivity contribution in [3.8, 4) is 11.1 Å². The van der Waals surface area contributed by atoms with Crippen molar-refractivity contribution in [3.63, 3.8) is 0 Å². The maximum atomic E-state index is 15.7. The molecule has 0 bridgehead atoms. The minimum Gasteiger partial charge on any atom is -0.383 e. The molecule has 4 aromatic carbocycles. The van der Waals surface area contributed by atoms with Crippen LogP contribution in [0.15, 0.2) is 101 Å². The first-order chi connectivity index (χ1) is 32.7. The number of piperidine rings is 1. The predicted octanol–water partition coefficient (Wildman–Crippen LogP) is 8.71. The summed E-state index contributed by atoms with van der Waals surface area (Å²) >= 11 is -0.420. The van der Waals surface area contributed by atoms with Gasteiger partial charge < -0.3 is 19.1 Å². The lowest BCUT2D eigenvalue weighted by Crippen LogP contribution is -2.48. The minimum absolute atomic E-state index is 0.0865. The molecule has 0 N–H and O–H groups in total. The first-order valence-corrected chi connectivity index (χ1v) is 16.2. The lowest BCUT2D eigenvalue weighted by atomic mass is 10.00. The topological polar surface area (TPSA) is 54.8 Å². The van der Waals surface area contributed by atoms with Gasteiger partial charge in [-0.3, -0.25) is 9.59 Å². The standard InChI is InChI=1S/C41H40F5N3O3S/c1-27-6-15-36-34(22-27)37(50)23-39(53-26-31-4-3-5-35(42)40(31)43)49(36)25-38(51)48(33-16-18-47(19-17-33)20-21-52-2)24-28-7-9-29(10-8-28)30-11-13-32(14-12-30)41(44,45)46/h3-15,22-23,33H,16-21,24-26H2,1-2H3/i6D,15D,16D2,17D2,18D2,19D2,20D2,22D,23D,25D2,26D2,33D. The van der Waals surface area contributed by atoms with Gasteiger partial charge in [-0.2, -0.15) is 13.2 Å². The summed E-state index contributed by atoms with van der Waals surface area (Å²) in [5, 5.41) is -2.40. The molecule has 53 heavy (non-hydrogen) atoms. The molecule has 0 spiro atoms. The molecule has 278 valence electrons. The van der Waals surface area contributed by atoms with Gasteiger partial charge in [-0.15, -0.1) is 11.8 Å². The Morgan fingerprint density at radius 3 is 2.38 bits per heavy atom. The number of fused-ring (bicyclic) bond motifs is 1. The predicted molar refractivity (Wildman–Crippen MR) is 198 cm³/mol. The Hall–Kier alpha value is -4.52. The highest BCUT2D eigenvalue weighted by molar-refractivity contribution is 7.98. The molecule has 2 heterocycles. The van der Waals surface area contributed by atoms with Crippen molar-refractivity contribution in [2.75, 3.05) is 33.2 Å². The quantitative estimate of drug-likeness (QED) is 0.0940. The number of carbonyl (C=O) groups is 1. The second-order valence-electron chi connectivity index (χ2n) is 11.1. The normalized spacial score (nSPS) is 24.6. The molecule has 1 aliphatic heterocycles. The fourth-order valence-electron chi connectivity index (χ4n) is 4.87. The number of methoxy groups -OCH3 is 1. The minimum atomic E-state index is -4.71. The number of alkyl halides is 3. The van der Waals surface area contributed by atoms with Gasteiger partial charge in [-0.1, -0.05) is 60.1 Å². The van der Waals surface area contributed by atoms with Crippen molar-refractivity contribution in [1.82, 2.24) is 14.4 Å². The highest BCUT2D eigenvalue weighted by atomic mass is 32.2. The molecule has 0 saturated carbocycles. The third kappa shape index (κ3) is 9.17. The fraction of sp³-hybridized carbons (Fsp3) is 0.317. The lowest BCUT2D eigenvalue weighted by Gasteiger charge is -2.39. The van der Waals surface area contributed by atoms with Crippen LogP contribution < -0.4 is 5.43 Å². The molecule has 1 aromatic heterocycles. The Morgan fingerprint density at radius 1 is 1.04 bits per heavy atom. The molecule has 12 heteroatoms. The number of pyridine rings is 1. The number of nitrogens with zero attached hydrogens (tertiary/aromatic N) is 3. The Balaban J connectivity index is 1.70. The SMILES string of the molecule is [2H]c1c(C)c([2H])c2c(=O)c([2H])c(SC([2H])([2H])c3cccc(F)c3F)n(C([2H])([2H])C(=O)N(Cc3ccc(-c4ccc(C(F)(F)F)cc4)cc3)C3([2H])C([2H])([2H])C([2H])([2H])N(C([2H])([2H])COC)C([2H])([2H])C3([2H])[2H])c2c1[2H]. The maximum Gasteiger partial charge on any atom is 0.416 e. The van der Waals surface area contributed by atoms with E-state index in [4.69, 9.17) is 21.2 Å². The largest absolute Gasteiger partial charge is 0.416 e. The van der Waals surface area contributed by atoms with Crippen LogP contribution in [0.1, 0.15) is 61.0 Å². The van der Waals surface area contributed by atoms with Gasteiger partial charge in [0.1, 0.15) is 6.50 Å². The van der Waals surface area contributed by atoms with Gasteiger partial charge in [0.2, 0.25) is 5.91 Å². The molecule has 5 aromatic rings. The van der Waals surface area contributed by atoms with Crippen LogP contribution in [0.2, 0.25) is 0 Å². The Morgan fingerprint density at radius 2 is 1.72 bits per heavy atom. The van der Waals surface area contributed by atoms with Crippen molar-refractivity contribution in [2.24, 2.45) is 0 Å². The highest BCUT2D eigenvalue weighted by Gasteiger charge is 2.31. The third-order valence-electron chi connectivity index (χ3n) is 7.50. The highest BCUT2D eigenvalue weighted by Crippen LogP contribution is 2.32. The first kappa shape index (κ1) is 20.8. The van der Waals surface area contributed by atoms with Gasteiger partial charge >= 0.3 is 6.18 Å². The zero-order chi connectivity index (χ0) is 54.7. The molecular formula is C41H40F5N3O3S. The van der Waals surface area contributed by atoms with E-state index in [1.54, 1.807) is 0 Å². The van der Waals surface area contributed by atoms with E-state index in [0.717, 1.165) is 62.6 Å². The van der Waals surface area contributed by atoms with E-state index >= 15 is 9.18 Å². The van der Waals surface area contributed by atoms with Crippen molar-refractivity contribution < 1.29 is 57.5 Å². The summed E-state index contributed by atoms with van der Waals surface area (Å²) in [6.45, 7) is -17.8. The summed E-state index contributed by atoms with van der Waals surface area (Å²) < 4.78 is 246. The number of ether oxygens (including phenoxy) is 1. The fourth-order valence-corrected chi connectivity index (χ4v) is 5.61. The Kier molecular flexibility index (Phi) is 6.54. The third-order valence-corrected chi connectivity index (χ3v) is 8.30. The van der Waals surface area contributed by atoms with Crippen molar-refractivity contribution in [3.05, 3.63) is 135 Å². The van der Waals surface area contributed by atoms with Crippen LogP contribution in [0.3, 0.4) is 0 Å². The first-order valence-electron chi connectivity index (χ1n) is 24.9. The van der Waals surface area contributed by atoms with E-state index in [-0.39, 0.29) is 26.2 Å². The summed E-state index contributed by atoms with van der Waals surface area (Å²) in [5.41, 5.74) is -8.64. The molecule has 1 saturated heterocycles. The molecule has 1 fully saturated rings. The Labute approximate surface area is 335 Å². The van der Waals surface area contributed by atoms with Crippen LogP contribution in [-0.4, -0.2) is 59.5 Å². The van der Waals surface area contributed by atoms with Crippen molar-refractivity contribution >= 4 is 28.6 Å². The number of halogens is 5. The van der Waals surface area contributed by atoms with E-state index in [2.05, 4.69) is 0 Å². The van der Waals surface area contributed by atoms with Gasteiger partial charge in [-0.05, 0) is 66.6 Å². The van der Waals surface area contributed by atoms with Crippen LogP contribution in [0.4, 0.5) is 22.0 Å². The van der Waals surface area contributed by atoms with Gasteiger partial charge in [0.25, 0.3) is 0 Å². The van der Waals surface area contributed by atoms with Gasteiger partial charge in [0.15, 0.2) is 17.1 Å². The second-order valence-corrected chi connectivity index (χ2v) is 11.9. The van der Waals surface area contributed by atoms with E-state index in [1.807, 2.05) is 0 Å². The number of carbonyl (C=O) groups excluding carboxylic acids is 1. The van der Waals surface area contributed by atoms with E-state index < -0.39 is 166 Å². The average molecular weight is 769 g/mol. The second kappa shape index (κ2) is 16.7. The van der Waals surface area contributed by atoms with Crippen LogP contribution in [0, 0.1) is 18.6 Å². The zero-order valence-electron chi connectivity index (χ0n) is 46.6. The number of rotatable bonds is 12. The van der Waals surface area contributed by atoms with Crippen LogP contribution in [0.5, 0.6) is 0 Å². The molecule has 6 nitrogen and oxygen atoms in total. The summed E-state index contributed by atoms with van der Waals surface area (Å²) in [4.78, 5) is 28.9. The molecule has 6 rings (SSSR count). The molecule has 0 aliphatic carbocycles. The zero-order valence-corrected chi connectivity index (χ0v) is 28.4. The molecule has 0 atom stereocenters. The number of likely N-dealkylation sites (tertiary alicyclic amines) is 1. The summed E-state index contributed by atoms with van der Waals surface area (Å²) in [6, 6.07) is 1.52. The Bertz CT molecular complexity index is 3010. The van der Waals surface area contributed by atoms with E-state index in [1.165, 1.54) is 12.1 Å². The molecule has 1 aliphatic rings. The molecule has 1 amide bonds. The van der Waals surface area contributed by atoms with Gasteiger partial charge in [-0.25, -0.2) is 8.78 Å². The summed E-state index contributed by atoms with van der Waals surface area (Å²) in [6.07, 6.45) is -13.5. The summed E-state index contributed by atoms with van der Waals surface area (Å²) in [7, 11) is 0.892. The van der Waals surface area contributed by atoms with E-state index in [0.29, 0.717) is 6.07 Å². The monoisotopic (exact) mass is 768 g/mol. The number of thioether (sulfide) groups is 1. The number of hydrogen-bond acceptors (Lipinski definition) is 5. The lowest BCUT2D eigenvalue weighted by molar-refractivity contribution is -0.137. The molecular weight excluding hydrogens is 710 g/mol. The number of amides is 1. The summed E-state index contributed by atoms with van der Waals surface area (Å²) in [5.74, 6) is -5.81. The van der Waals surface area contributed by atoms with Crippen molar-refractivity contribution in [2.45, 2.75) is 55.6 Å². The number of benzene rings is 4. The van der Waals surface area contributed by atoms with Gasteiger partial charge in [0.05, 0.1) is 32.3 Å². The maximum absolute atomic E-state index is 15.7. The molecule has 0 radical (unpaired) electrons. The van der Waals surface area contributed by atoms with Crippen molar-refractivity contribution in [1.29, 1.82) is 0 Å². The molecule has 0 unspecified atom stereocenters. The van der Waals surface area contributed by atoms with Crippen LogP contribution >= 0.6 is 11.8 Å². The smallest absolute Gasteiger partial charge is 0.383 e. The van der Waals surface area contributed by atoms with Crippen LogP contribution in [0.25, 0.3) is 22.0 Å².